The van der Waals surface area contributed by atoms with Gasteiger partial charge >= 0.3 is 0 Å². The Morgan fingerprint density at radius 2 is 0.844 bits per heavy atom. The molecule has 0 spiro atoms. The maximum atomic E-state index is 3.37. The van der Waals surface area contributed by atoms with Gasteiger partial charge in [-0.15, -0.1) is 17.7 Å². The summed E-state index contributed by atoms with van der Waals surface area (Å²) in [7, 11) is 0. The Morgan fingerprint density at radius 1 is 0.311 bits per heavy atom. The van der Waals surface area contributed by atoms with E-state index in [1.54, 1.807) is 0 Å². The van der Waals surface area contributed by atoms with Crippen LogP contribution in [0.3, 0.4) is 0 Å². The molecule has 45 heavy (non-hydrogen) atoms. The van der Waals surface area contributed by atoms with E-state index >= 15 is 0 Å². The van der Waals surface area contributed by atoms with E-state index < -0.39 is 0 Å². The van der Waals surface area contributed by atoms with Crippen molar-refractivity contribution in [1.82, 2.24) is 0 Å². The molecule has 0 amide bonds. The summed E-state index contributed by atoms with van der Waals surface area (Å²) in [5, 5.41) is 5.04. The largest absolute Gasteiger partial charge is 0.226 e. The standard InChI is InChI=1S/C44H28.Y/c1-3-14-31(15-4-1)35-18-13-19-36(30-35)32-26-28-34(29-27-32)43-39-22-9-11-24-41(39)44(42-25-12-10-23-40(42)43)38-21-8-7-20-37(38)33-16-5-2-6-17-33;/h1-14,16-17,19-30H;/q-2;. The summed E-state index contributed by atoms with van der Waals surface area (Å²) in [5.41, 5.74) is 11.9. The van der Waals surface area contributed by atoms with Crippen LogP contribution in [0, 0.1) is 12.1 Å². The van der Waals surface area contributed by atoms with Gasteiger partial charge in [-0.2, -0.15) is 42.5 Å². The first-order valence-corrected chi connectivity index (χ1v) is 15.0. The minimum Gasteiger partial charge on any atom is -0.226 e. The maximum Gasteiger partial charge on any atom is 0 e. The SMILES string of the molecule is [Y].[c-]1ccccc1-c1[c-]ccc(-c2ccc(-c3c4ccccc4c(-c4ccccc4-c4ccccc4)c4ccccc34)cc2)c1. The zero-order valence-corrected chi connectivity index (χ0v) is 27.6. The first kappa shape index (κ1) is 29.1. The molecule has 8 rings (SSSR count). The molecular weight excluding hydrogens is 617 g/mol. The molecular formula is C44H28Y-2. The third-order valence-electron chi connectivity index (χ3n) is 8.52. The van der Waals surface area contributed by atoms with Crippen LogP contribution in [0.5, 0.6) is 0 Å². The molecule has 0 aliphatic heterocycles. The van der Waals surface area contributed by atoms with Crippen LogP contribution >= 0.6 is 0 Å². The summed E-state index contributed by atoms with van der Waals surface area (Å²) in [6, 6.07) is 67.4. The van der Waals surface area contributed by atoms with Crippen LogP contribution in [-0.2, 0) is 32.7 Å². The average molecular weight is 646 g/mol. The number of rotatable bonds is 5. The van der Waals surface area contributed by atoms with Crippen molar-refractivity contribution >= 4 is 21.5 Å². The van der Waals surface area contributed by atoms with Crippen LogP contribution in [0.15, 0.2) is 170 Å². The Balaban J connectivity index is 0.00000325. The second kappa shape index (κ2) is 12.8. The molecule has 0 aliphatic carbocycles. The Morgan fingerprint density at radius 3 is 1.49 bits per heavy atom. The number of fused-ring (bicyclic) bond motifs is 2. The molecule has 0 atom stereocenters. The fourth-order valence-electron chi connectivity index (χ4n) is 6.49. The van der Waals surface area contributed by atoms with Crippen molar-refractivity contribution in [3.8, 4) is 55.6 Å². The molecule has 0 fully saturated rings. The molecule has 0 aromatic heterocycles. The monoisotopic (exact) mass is 645 g/mol. The van der Waals surface area contributed by atoms with E-state index in [1.807, 2.05) is 24.3 Å². The van der Waals surface area contributed by atoms with Crippen molar-refractivity contribution in [2.24, 2.45) is 0 Å². The van der Waals surface area contributed by atoms with Crippen molar-refractivity contribution in [2.45, 2.75) is 0 Å². The number of benzene rings is 8. The molecule has 0 nitrogen and oxygen atoms in total. The van der Waals surface area contributed by atoms with Gasteiger partial charge in [0.1, 0.15) is 0 Å². The third-order valence-corrected chi connectivity index (χ3v) is 8.52. The first-order valence-electron chi connectivity index (χ1n) is 15.0. The maximum absolute atomic E-state index is 3.37. The number of hydrogen-bond donors (Lipinski definition) is 0. The van der Waals surface area contributed by atoms with Crippen LogP contribution in [0.1, 0.15) is 0 Å². The van der Waals surface area contributed by atoms with E-state index in [-0.39, 0.29) is 32.7 Å². The topological polar surface area (TPSA) is 0 Å². The quantitative estimate of drug-likeness (QED) is 0.129. The van der Waals surface area contributed by atoms with Crippen LogP contribution < -0.4 is 0 Å². The van der Waals surface area contributed by atoms with Gasteiger partial charge in [0.05, 0.1) is 0 Å². The Kier molecular flexibility index (Phi) is 8.27. The zero-order valence-electron chi connectivity index (χ0n) is 24.7. The summed E-state index contributed by atoms with van der Waals surface area (Å²) >= 11 is 0. The molecule has 0 saturated heterocycles. The summed E-state index contributed by atoms with van der Waals surface area (Å²) in [6.45, 7) is 0. The van der Waals surface area contributed by atoms with Gasteiger partial charge in [0.2, 0.25) is 0 Å². The van der Waals surface area contributed by atoms with Crippen LogP contribution in [0.4, 0.5) is 0 Å². The molecule has 8 aromatic rings. The summed E-state index contributed by atoms with van der Waals surface area (Å²) < 4.78 is 0. The molecule has 1 heteroatoms. The van der Waals surface area contributed by atoms with Gasteiger partial charge in [0, 0.05) is 32.7 Å². The smallest absolute Gasteiger partial charge is 0 e. The van der Waals surface area contributed by atoms with Gasteiger partial charge in [-0.1, -0.05) is 127 Å². The van der Waals surface area contributed by atoms with Crippen molar-refractivity contribution in [2.75, 3.05) is 0 Å². The number of hydrogen-bond acceptors (Lipinski definition) is 0. The minimum atomic E-state index is 0. The second-order valence-corrected chi connectivity index (χ2v) is 11.1. The van der Waals surface area contributed by atoms with Crippen LogP contribution in [0.2, 0.25) is 0 Å². The molecule has 0 bridgehead atoms. The van der Waals surface area contributed by atoms with E-state index in [1.165, 1.54) is 66.1 Å². The van der Waals surface area contributed by atoms with Gasteiger partial charge in [0.15, 0.2) is 0 Å². The molecule has 0 N–H and O–H groups in total. The van der Waals surface area contributed by atoms with E-state index in [0.29, 0.717) is 0 Å². The van der Waals surface area contributed by atoms with Gasteiger partial charge in [-0.3, -0.25) is 0 Å². The summed E-state index contributed by atoms with van der Waals surface area (Å²) in [6.07, 6.45) is 0. The second-order valence-electron chi connectivity index (χ2n) is 11.1. The predicted molar refractivity (Wildman–Crippen MR) is 186 cm³/mol. The minimum absolute atomic E-state index is 0. The van der Waals surface area contributed by atoms with Crippen molar-refractivity contribution in [3.05, 3.63) is 182 Å². The fourth-order valence-corrected chi connectivity index (χ4v) is 6.49. The Hall–Kier alpha value is -4.62. The molecule has 8 aromatic carbocycles. The molecule has 0 unspecified atom stereocenters. The fraction of sp³-hybridized carbons (Fsp3) is 0. The van der Waals surface area contributed by atoms with E-state index in [9.17, 15) is 0 Å². The van der Waals surface area contributed by atoms with Crippen molar-refractivity contribution in [3.63, 3.8) is 0 Å². The Labute approximate surface area is 289 Å². The van der Waals surface area contributed by atoms with Gasteiger partial charge in [-0.05, 0) is 60.5 Å². The molecule has 1 radical (unpaired) electrons. The molecule has 0 aliphatic rings. The molecule has 0 heterocycles. The van der Waals surface area contributed by atoms with Crippen LogP contribution in [-0.4, -0.2) is 0 Å². The van der Waals surface area contributed by atoms with Crippen molar-refractivity contribution in [1.29, 1.82) is 0 Å². The summed E-state index contributed by atoms with van der Waals surface area (Å²) in [4.78, 5) is 0. The molecule has 0 saturated carbocycles. The Bertz CT molecular complexity index is 2190. The normalized spacial score (nSPS) is 10.9. The van der Waals surface area contributed by atoms with E-state index in [4.69, 9.17) is 0 Å². The molecule has 209 valence electrons. The third kappa shape index (κ3) is 5.46. The first-order chi connectivity index (χ1) is 21.8. The summed E-state index contributed by atoms with van der Waals surface area (Å²) in [5.74, 6) is 0. The van der Waals surface area contributed by atoms with Crippen molar-refractivity contribution < 1.29 is 32.7 Å². The van der Waals surface area contributed by atoms with Gasteiger partial charge in [0.25, 0.3) is 0 Å². The average Bonchev–Trinajstić information content (AvgIpc) is 3.11. The van der Waals surface area contributed by atoms with E-state index in [2.05, 4.69) is 158 Å². The van der Waals surface area contributed by atoms with Gasteiger partial charge in [-0.25, -0.2) is 11.1 Å². The zero-order chi connectivity index (χ0) is 29.3. The van der Waals surface area contributed by atoms with Crippen LogP contribution in [0.25, 0.3) is 77.2 Å². The predicted octanol–water partition coefficient (Wildman–Crippen LogP) is 11.9. The van der Waals surface area contributed by atoms with E-state index in [0.717, 1.165) is 11.1 Å². The van der Waals surface area contributed by atoms with Gasteiger partial charge < -0.3 is 0 Å².